The molecule has 0 aromatic rings. The quantitative estimate of drug-likeness (QED) is 0.617. The fourth-order valence-corrected chi connectivity index (χ4v) is 5.51. The summed E-state index contributed by atoms with van der Waals surface area (Å²) in [4.78, 5) is 57.4. The van der Waals surface area contributed by atoms with Gasteiger partial charge in [-0.2, -0.15) is 0 Å². The molecule has 5 amide bonds. The second kappa shape index (κ2) is 10.2. The van der Waals surface area contributed by atoms with Gasteiger partial charge in [-0.15, -0.1) is 0 Å². The largest absolute Gasteiger partial charge is 0.342 e. The van der Waals surface area contributed by atoms with Crippen molar-refractivity contribution in [3.63, 3.8) is 0 Å². The Bertz CT molecular complexity index is 720. The van der Waals surface area contributed by atoms with E-state index in [1.54, 1.807) is 0 Å². The Hall–Kier alpha value is -2.16. The number of imide groups is 1. The number of carbonyl (C=O) groups is 4. The average molecular weight is 448 g/mol. The Morgan fingerprint density at radius 2 is 1.41 bits per heavy atom. The van der Waals surface area contributed by atoms with Crippen LogP contribution in [0, 0.1) is 0 Å². The maximum atomic E-state index is 12.7. The van der Waals surface area contributed by atoms with Gasteiger partial charge < -0.3 is 15.1 Å². The predicted octanol–water partition coefficient (Wildman–Crippen LogP) is 1.18. The van der Waals surface area contributed by atoms with Crippen molar-refractivity contribution < 1.29 is 19.2 Å². The zero-order valence-electron chi connectivity index (χ0n) is 19.1. The van der Waals surface area contributed by atoms with Crippen LogP contribution in [0.15, 0.2) is 0 Å². The van der Waals surface area contributed by atoms with E-state index >= 15 is 0 Å². The summed E-state index contributed by atoms with van der Waals surface area (Å²) in [5, 5.41) is 2.88. The highest BCUT2D eigenvalue weighted by Gasteiger charge is 2.52. The van der Waals surface area contributed by atoms with Gasteiger partial charge in [0.2, 0.25) is 11.8 Å². The lowest BCUT2D eigenvalue weighted by Gasteiger charge is -2.35. The van der Waals surface area contributed by atoms with Gasteiger partial charge in [-0.25, -0.2) is 4.79 Å². The van der Waals surface area contributed by atoms with Gasteiger partial charge in [-0.1, -0.05) is 25.7 Å². The van der Waals surface area contributed by atoms with Crippen molar-refractivity contribution in [2.45, 2.75) is 69.7 Å². The fourth-order valence-electron chi connectivity index (χ4n) is 5.51. The number of hydrogen-bond donors (Lipinski definition) is 1. The summed E-state index contributed by atoms with van der Waals surface area (Å²) in [6.45, 7) is 5.14. The normalized spacial score (nSPS) is 24.2. The van der Waals surface area contributed by atoms with Crippen molar-refractivity contribution in [1.29, 1.82) is 0 Å². The molecule has 9 nitrogen and oxygen atoms in total. The Balaban J connectivity index is 1.15. The summed E-state index contributed by atoms with van der Waals surface area (Å²) in [6, 6.07) is -0.313. The first-order valence-corrected chi connectivity index (χ1v) is 12.4. The topological polar surface area (TPSA) is 93.3 Å². The monoisotopic (exact) mass is 447 g/mol. The van der Waals surface area contributed by atoms with Gasteiger partial charge in [0.15, 0.2) is 0 Å². The van der Waals surface area contributed by atoms with Crippen LogP contribution in [0.3, 0.4) is 0 Å². The van der Waals surface area contributed by atoms with Crippen LogP contribution in [0.1, 0.15) is 64.2 Å². The van der Waals surface area contributed by atoms with Crippen LogP contribution in [0.2, 0.25) is 0 Å². The summed E-state index contributed by atoms with van der Waals surface area (Å²) in [5.74, 6) is 0.154. The third-order valence-corrected chi connectivity index (χ3v) is 7.52. The van der Waals surface area contributed by atoms with Crippen LogP contribution in [0.4, 0.5) is 4.79 Å². The van der Waals surface area contributed by atoms with E-state index in [-0.39, 0.29) is 23.8 Å². The van der Waals surface area contributed by atoms with Gasteiger partial charge in [0.25, 0.3) is 5.91 Å². The van der Waals surface area contributed by atoms with Crippen LogP contribution >= 0.6 is 0 Å². The van der Waals surface area contributed by atoms with Crippen LogP contribution < -0.4 is 5.32 Å². The number of carbonyl (C=O) groups excluding carboxylic acids is 4. The third-order valence-electron chi connectivity index (χ3n) is 7.52. The molecule has 0 aromatic carbocycles. The molecule has 0 aromatic heterocycles. The smallest absolute Gasteiger partial charge is 0.325 e. The number of nitrogens with one attached hydrogen (secondary N) is 1. The highest BCUT2D eigenvalue weighted by molar-refractivity contribution is 6.07. The van der Waals surface area contributed by atoms with Crippen LogP contribution in [0.25, 0.3) is 0 Å². The van der Waals surface area contributed by atoms with E-state index in [1.165, 1.54) is 17.7 Å². The number of amides is 5. The lowest BCUT2D eigenvalue weighted by atomic mass is 9.98. The zero-order chi connectivity index (χ0) is 22.6. The van der Waals surface area contributed by atoms with Crippen molar-refractivity contribution in [2.24, 2.45) is 0 Å². The first kappa shape index (κ1) is 23.0. The van der Waals surface area contributed by atoms with Gasteiger partial charge >= 0.3 is 6.03 Å². The van der Waals surface area contributed by atoms with Crippen molar-refractivity contribution in [1.82, 2.24) is 24.9 Å². The molecule has 3 aliphatic heterocycles. The number of hydrogen-bond acceptors (Lipinski definition) is 5. The SMILES string of the molecule is O=C(CCCN1C(=O)NC2(CCCC2)C1=O)N1CCN(CC(=O)N2CCCCCC2)CC1. The van der Waals surface area contributed by atoms with Crippen LogP contribution in [0.5, 0.6) is 0 Å². The van der Waals surface area contributed by atoms with E-state index in [4.69, 9.17) is 0 Å². The number of piperazine rings is 1. The minimum absolute atomic E-state index is 0.0612. The van der Waals surface area contributed by atoms with E-state index in [2.05, 4.69) is 10.2 Å². The molecule has 32 heavy (non-hydrogen) atoms. The highest BCUT2D eigenvalue weighted by atomic mass is 16.2. The van der Waals surface area contributed by atoms with E-state index < -0.39 is 5.54 Å². The van der Waals surface area contributed by atoms with E-state index in [0.717, 1.165) is 51.6 Å². The lowest BCUT2D eigenvalue weighted by Crippen LogP contribution is -2.51. The second-order valence-electron chi connectivity index (χ2n) is 9.73. The molecule has 0 atom stereocenters. The predicted molar refractivity (Wildman–Crippen MR) is 119 cm³/mol. The molecule has 1 N–H and O–H groups in total. The summed E-state index contributed by atoms with van der Waals surface area (Å²) in [7, 11) is 0. The number of urea groups is 1. The average Bonchev–Trinajstić information content (AvgIpc) is 3.21. The van der Waals surface area contributed by atoms with Gasteiger partial charge in [-0.3, -0.25) is 24.2 Å². The molecule has 1 aliphatic carbocycles. The fraction of sp³-hybridized carbons (Fsp3) is 0.826. The Morgan fingerprint density at radius 1 is 0.781 bits per heavy atom. The van der Waals surface area contributed by atoms with Crippen molar-refractivity contribution >= 4 is 23.8 Å². The molecule has 4 aliphatic rings. The van der Waals surface area contributed by atoms with Gasteiger partial charge in [0.1, 0.15) is 5.54 Å². The third kappa shape index (κ3) is 5.08. The van der Waals surface area contributed by atoms with E-state index in [9.17, 15) is 19.2 Å². The molecule has 178 valence electrons. The van der Waals surface area contributed by atoms with E-state index in [1.807, 2.05) is 9.80 Å². The Kier molecular flexibility index (Phi) is 7.33. The minimum Gasteiger partial charge on any atom is -0.342 e. The van der Waals surface area contributed by atoms with Crippen molar-refractivity contribution in [2.75, 3.05) is 52.4 Å². The molecule has 0 unspecified atom stereocenters. The van der Waals surface area contributed by atoms with Gasteiger partial charge in [0.05, 0.1) is 6.54 Å². The zero-order valence-corrected chi connectivity index (χ0v) is 19.1. The molecule has 1 saturated carbocycles. The van der Waals surface area contributed by atoms with Crippen LogP contribution in [-0.4, -0.2) is 101 Å². The number of rotatable bonds is 6. The number of likely N-dealkylation sites (tertiary alicyclic amines) is 1. The summed E-state index contributed by atoms with van der Waals surface area (Å²) in [5.41, 5.74) is -0.678. The second-order valence-corrected chi connectivity index (χ2v) is 9.73. The molecule has 4 rings (SSSR count). The van der Waals surface area contributed by atoms with E-state index in [0.29, 0.717) is 52.1 Å². The van der Waals surface area contributed by atoms with Gasteiger partial charge in [-0.05, 0) is 32.1 Å². The summed E-state index contributed by atoms with van der Waals surface area (Å²) >= 11 is 0. The molecule has 4 fully saturated rings. The Labute approximate surface area is 190 Å². The Morgan fingerprint density at radius 3 is 2.06 bits per heavy atom. The maximum absolute atomic E-state index is 12.7. The molecule has 1 spiro atoms. The molecular weight excluding hydrogens is 410 g/mol. The van der Waals surface area contributed by atoms with Crippen molar-refractivity contribution in [3.8, 4) is 0 Å². The van der Waals surface area contributed by atoms with Gasteiger partial charge in [0, 0.05) is 52.2 Å². The molecule has 3 heterocycles. The molecule has 0 radical (unpaired) electrons. The molecule has 3 saturated heterocycles. The number of nitrogens with zero attached hydrogens (tertiary/aromatic N) is 4. The molecular formula is C23H37N5O4. The molecule has 0 bridgehead atoms. The first-order chi connectivity index (χ1) is 15.5. The standard InChI is InChI=1S/C23H37N5O4/c29-19(8-7-13-28-21(31)23(24-22(28)32)9-3-4-10-23)27-16-14-25(15-17-27)18-20(30)26-11-5-1-2-6-12-26/h1-18H2,(H,24,32). The van der Waals surface area contributed by atoms with Crippen molar-refractivity contribution in [3.05, 3.63) is 0 Å². The minimum atomic E-state index is -0.678. The first-order valence-electron chi connectivity index (χ1n) is 12.4. The lowest BCUT2D eigenvalue weighted by molar-refractivity contribution is -0.136. The maximum Gasteiger partial charge on any atom is 0.325 e. The summed E-state index contributed by atoms with van der Waals surface area (Å²) in [6.07, 6.45) is 8.80. The molecule has 9 heteroatoms. The highest BCUT2D eigenvalue weighted by Crippen LogP contribution is 2.35. The summed E-state index contributed by atoms with van der Waals surface area (Å²) < 4.78 is 0. The van der Waals surface area contributed by atoms with Crippen LogP contribution in [-0.2, 0) is 14.4 Å².